The Morgan fingerprint density at radius 2 is 1.94 bits per heavy atom. The van der Waals surface area contributed by atoms with Gasteiger partial charge in [0.25, 0.3) is 0 Å². The van der Waals surface area contributed by atoms with Crippen LogP contribution >= 0.6 is 11.6 Å². The summed E-state index contributed by atoms with van der Waals surface area (Å²) in [4.78, 5) is 18.3. The molecule has 0 N–H and O–H groups in total. The number of hydrogen-bond donors (Lipinski definition) is 0. The van der Waals surface area contributed by atoms with E-state index in [1.54, 1.807) is 49.5 Å². The standard InChI is InChI=1S/C22H25ClN4O5S/c1-26(15-20-24-22(25-32-20)16-7-4-8-17(23)13-16)21(28)11-6-12-27(33(3,29)30)18-9-5-10-19(14-18)31-2/h4-5,7-10,13-14H,6,11-12,15H2,1-3H3. The molecule has 0 aliphatic rings. The normalized spacial score (nSPS) is 11.3. The van der Waals surface area contributed by atoms with E-state index in [0.717, 1.165) is 6.26 Å². The molecule has 11 heteroatoms. The molecular weight excluding hydrogens is 468 g/mol. The summed E-state index contributed by atoms with van der Waals surface area (Å²) < 4.78 is 36.2. The van der Waals surface area contributed by atoms with E-state index >= 15 is 0 Å². The molecule has 0 fully saturated rings. The molecule has 2 aromatic carbocycles. The van der Waals surface area contributed by atoms with Crippen LogP contribution in [0.1, 0.15) is 18.7 Å². The van der Waals surface area contributed by atoms with E-state index in [2.05, 4.69) is 10.1 Å². The lowest BCUT2D eigenvalue weighted by atomic mass is 10.2. The molecule has 3 aromatic rings. The predicted octanol–water partition coefficient (Wildman–Crippen LogP) is 3.60. The van der Waals surface area contributed by atoms with Crippen molar-refractivity contribution >= 4 is 33.2 Å². The number of carbonyl (C=O) groups is 1. The van der Waals surface area contributed by atoms with Crippen LogP contribution in [-0.4, -0.2) is 56.3 Å². The maximum absolute atomic E-state index is 12.6. The molecule has 1 aromatic heterocycles. The van der Waals surface area contributed by atoms with Crippen LogP contribution in [0.25, 0.3) is 11.4 Å². The van der Waals surface area contributed by atoms with Gasteiger partial charge in [-0.2, -0.15) is 4.98 Å². The topological polar surface area (TPSA) is 106 Å². The van der Waals surface area contributed by atoms with Crippen LogP contribution < -0.4 is 9.04 Å². The number of methoxy groups -OCH3 is 1. The number of nitrogens with zero attached hydrogens (tertiary/aromatic N) is 4. The van der Waals surface area contributed by atoms with E-state index < -0.39 is 10.0 Å². The molecule has 33 heavy (non-hydrogen) atoms. The van der Waals surface area contributed by atoms with Crippen LogP contribution in [0.5, 0.6) is 5.75 Å². The van der Waals surface area contributed by atoms with Crippen molar-refractivity contribution in [2.24, 2.45) is 0 Å². The number of aromatic nitrogens is 2. The molecule has 0 radical (unpaired) electrons. The summed E-state index contributed by atoms with van der Waals surface area (Å²) in [6, 6.07) is 13.8. The molecule has 0 spiro atoms. The molecule has 176 valence electrons. The highest BCUT2D eigenvalue weighted by molar-refractivity contribution is 7.92. The second-order valence-electron chi connectivity index (χ2n) is 7.41. The Hall–Kier alpha value is -3.11. The van der Waals surface area contributed by atoms with Gasteiger partial charge in [0.2, 0.25) is 27.6 Å². The van der Waals surface area contributed by atoms with E-state index in [9.17, 15) is 13.2 Å². The number of anilines is 1. The highest BCUT2D eigenvalue weighted by Crippen LogP contribution is 2.24. The van der Waals surface area contributed by atoms with Crippen LogP contribution in [0.15, 0.2) is 53.1 Å². The maximum Gasteiger partial charge on any atom is 0.246 e. The van der Waals surface area contributed by atoms with Crippen LogP contribution in [0.2, 0.25) is 5.02 Å². The zero-order valence-corrected chi connectivity index (χ0v) is 20.1. The first kappa shape index (κ1) is 24.5. The summed E-state index contributed by atoms with van der Waals surface area (Å²) in [5, 5.41) is 4.49. The van der Waals surface area contributed by atoms with Gasteiger partial charge in [-0.15, -0.1) is 0 Å². The van der Waals surface area contributed by atoms with Gasteiger partial charge in [0.05, 0.1) is 25.6 Å². The fourth-order valence-corrected chi connectivity index (χ4v) is 4.32. The van der Waals surface area contributed by atoms with Gasteiger partial charge in [0.15, 0.2) is 0 Å². The molecule has 0 aliphatic carbocycles. The lowest BCUT2D eigenvalue weighted by Gasteiger charge is -2.23. The number of amides is 1. The minimum absolute atomic E-state index is 0.137. The Labute approximate surface area is 198 Å². The van der Waals surface area contributed by atoms with Crippen molar-refractivity contribution in [3.05, 3.63) is 59.4 Å². The highest BCUT2D eigenvalue weighted by Gasteiger charge is 2.20. The largest absolute Gasteiger partial charge is 0.497 e. The van der Waals surface area contributed by atoms with Gasteiger partial charge in [0.1, 0.15) is 5.75 Å². The van der Waals surface area contributed by atoms with E-state index in [-0.39, 0.29) is 31.3 Å². The zero-order valence-electron chi connectivity index (χ0n) is 18.6. The van der Waals surface area contributed by atoms with Crippen LogP contribution in [0.4, 0.5) is 5.69 Å². The Kier molecular flexibility index (Phi) is 7.93. The highest BCUT2D eigenvalue weighted by atomic mass is 35.5. The zero-order chi connectivity index (χ0) is 24.0. The molecule has 9 nitrogen and oxygen atoms in total. The first-order valence-corrected chi connectivity index (χ1v) is 12.3. The molecule has 0 saturated carbocycles. The van der Waals surface area contributed by atoms with E-state index in [1.165, 1.54) is 16.3 Å². The van der Waals surface area contributed by atoms with Crippen molar-refractivity contribution in [3.63, 3.8) is 0 Å². The lowest BCUT2D eigenvalue weighted by molar-refractivity contribution is -0.130. The van der Waals surface area contributed by atoms with Crippen molar-refractivity contribution in [1.82, 2.24) is 15.0 Å². The molecule has 0 atom stereocenters. The summed E-state index contributed by atoms with van der Waals surface area (Å²) >= 11 is 5.99. The minimum Gasteiger partial charge on any atom is -0.497 e. The van der Waals surface area contributed by atoms with Gasteiger partial charge in [0, 0.05) is 36.7 Å². The Balaban J connectivity index is 1.57. The monoisotopic (exact) mass is 492 g/mol. The van der Waals surface area contributed by atoms with Gasteiger partial charge in [-0.1, -0.05) is 35.0 Å². The lowest BCUT2D eigenvalue weighted by Crippen LogP contribution is -2.32. The van der Waals surface area contributed by atoms with Crippen LogP contribution in [0.3, 0.4) is 0 Å². The van der Waals surface area contributed by atoms with Crippen molar-refractivity contribution < 1.29 is 22.5 Å². The van der Waals surface area contributed by atoms with Gasteiger partial charge >= 0.3 is 0 Å². The first-order chi connectivity index (χ1) is 15.7. The van der Waals surface area contributed by atoms with E-state index in [4.69, 9.17) is 20.9 Å². The molecule has 1 amide bonds. The fourth-order valence-electron chi connectivity index (χ4n) is 3.17. The predicted molar refractivity (Wildman–Crippen MR) is 126 cm³/mol. The Morgan fingerprint density at radius 3 is 2.64 bits per heavy atom. The van der Waals surface area contributed by atoms with Gasteiger partial charge in [-0.3, -0.25) is 9.10 Å². The Bertz CT molecular complexity index is 1210. The summed E-state index contributed by atoms with van der Waals surface area (Å²) in [6.07, 6.45) is 1.63. The van der Waals surface area contributed by atoms with Gasteiger partial charge < -0.3 is 14.2 Å². The number of sulfonamides is 1. The maximum atomic E-state index is 12.6. The second-order valence-corrected chi connectivity index (χ2v) is 9.76. The fraction of sp³-hybridized carbons (Fsp3) is 0.318. The third-order valence-corrected chi connectivity index (χ3v) is 6.27. The molecule has 0 unspecified atom stereocenters. The number of ether oxygens (including phenoxy) is 1. The molecule has 0 bridgehead atoms. The molecule has 3 rings (SSSR count). The first-order valence-electron chi connectivity index (χ1n) is 10.1. The smallest absolute Gasteiger partial charge is 0.246 e. The quantitative estimate of drug-likeness (QED) is 0.425. The van der Waals surface area contributed by atoms with Crippen molar-refractivity contribution in [1.29, 1.82) is 0 Å². The molecule has 0 aliphatic heterocycles. The summed E-state index contributed by atoms with van der Waals surface area (Å²) in [7, 11) is -0.386. The van der Waals surface area contributed by atoms with Gasteiger partial charge in [-0.05, 0) is 30.7 Å². The van der Waals surface area contributed by atoms with Crippen molar-refractivity contribution in [2.75, 3.05) is 31.3 Å². The average molecular weight is 493 g/mol. The van der Waals surface area contributed by atoms with Gasteiger partial charge in [-0.25, -0.2) is 8.42 Å². The molecule has 1 heterocycles. The number of hydrogen-bond acceptors (Lipinski definition) is 7. The number of halogens is 1. The minimum atomic E-state index is -3.53. The summed E-state index contributed by atoms with van der Waals surface area (Å²) in [5.41, 5.74) is 1.20. The SMILES string of the molecule is COc1cccc(N(CCCC(=O)N(C)Cc2nc(-c3cccc(Cl)c3)no2)S(C)(=O)=O)c1. The Morgan fingerprint density at radius 1 is 1.18 bits per heavy atom. The second kappa shape index (κ2) is 10.7. The number of benzene rings is 2. The average Bonchev–Trinajstić information content (AvgIpc) is 3.24. The summed E-state index contributed by atoms with van der Waals surface area (Å²) in [6.45, 7) is 0.295. The van der Waals surface area contributed by atoms with Crippen molar-refractivity contribution in [2.45, 2.75) is 19.4 Å². The number of carbonyl (C=O) groups excluding carboxylic acids is 1. The molecular formula is C22H25ClN4O5S. The van der Waals surface area contributed by atoms with Crippen LogP contribution in [-0.2, 0) is 21.4 Å². The summed E-state index contributed by atoms with van der Waals surface area (Å²) in [5.74, 6) is 1.05. The van der Waals surface area contributed by atoms with E-state index in [1.807, 2.05) is 6.07 Å². The molecule has 0 saturated heterocycles. The third kappa shape index (κ3) is 6.69. The third-order valence-electron chi connectivity index (χ3n) is 4.84. The van der Waals surface area contributed by atoms with Crippen molar-refractivity contribution in [3.8, 4) is 17.1 Å². The van der Waals surface area contributed by atoms with Crippen LogP contribution in [0, 0.1) is 0 Å². The van der Waals surface area contributed by atoms with E-state index in [0.29, 0.717) is 34.3 Å². The number of rotatable bonds is 10.